The highest BCUT2D eigenvalue weighted by Gasteiger charge is 2.47. The van der Waals surface area contributed by atoms with Gasteiger partial charge in [-0.15, -0.1) is 0 Å². The molecule has 0 spiro atoms. The minimum atomic E-state index is -1.49. The quantitative estimate of drug-likeness (QED) is 0.751. The van der Waals surface area contributed by atoms with Crippen LogP contribution in [0.2, 0.25) is 0 Å². The normalized spacial score (nSPS) is 29.5. The van der Waals surface area contributed by atoms with Crippen molar-refractivity contribution < 1.29 is 15.0 Å². The second-order valence-electron chi connectivity index (χ2n) is 4.23. The van der Waals surface area contributed by atoms with Crippen molar-refractivity contribution in [2.75, 3.05) is 13.1 Å². The molecule has 2 unspecified atom stereocenters. The molecule has 5 heteroatoms. The third-order valence-corrected chi connectivity index (χ3v) is 3.32. The van der Waals surface area contributed by atoms with Gasteiger partial charge in [0.15, 0.2) is 6.10 Å². The Morgan fingerprint density at radius 3 is 2.76 bits per heavy atom. The SMILES string of the molecule is CCN1CCC(O)(c2ccncc2)C(O)C1=O. The first-order chi connectivity index (χ1) is 8.09. The molecule has 0 aliphatic carbocycles. The summed E-state index contributed by atoms with van der Waals surface area (Å²) in [4.78, 5) is 17.2. The fraction of sp³-hybridized carbons (Fsp3) is 0.500. The Labute approximate surface area is 99.7 Å². The zero-order valence-corrected chi connectivity index (χ0v) is 9.71. The number of hydrogen-bond donors (Lipinski definition) is 2. The van der Waals surface area contributed by atoms with E-state index in [2.05, 4.69) is 4.98 Å². The molecule has 1 aromatic heterocycles. The average molecular weight is 236 g/mol. The van der Waals surface area contributed by atoms with Crippen molar-refractivity contribution in [1.29, 1.82) is 0 Å². The molecule has 1 amide bonds. The van der Waals surface area contributed by atoms with Crippen molar-refractivity contribution >= 4 is 5.91 Å². The molecule has 17 heavy (non-hydrogen) atoms. The van der Waals surface area contributed by atoms with E-state index in [0.29, 0.717) is 25.1 Å². The summed E-state index contributed by atoms with van der Waals surface area (Å²) in [7, 11) is 0. The summed E-state index contributed by atoms with van der Waals surface area (Å²) in [5.41, 5.74) is -0.963. The van der Waals surface area contributed by atoms with Crippen LogP contribution in [0.1, 0.15) is 18.9 Å². The number of aliphatic hydroxyl groups excluding tert-OH is 1. The predicted molar refractivity (Wildman–Crippen MR) is 61.0 cm³/mol. The lowest BCUT2D eigenvalue weighted by molar-refractivity contribution is -0.170. The maximum absolute atomic E-state index is 11.8. The molecule has 0 saturated carbocycles. The smallest absolute Gasteiger partial charge is 0.254 e. The van der Waals surface area contributed by atoms with Crippen LogP contribution in [0.3, 0.4) is 0 Å². The average Bonchev–Trinajstić information content (AvgIpc) is 2.37. The lowest BCUT2D eigenvalue weighted by atomic mass is 9.82. The van der Waals surface area contributed by atoms with E-state index >= 15 is 0 Å². The summed E-state index contributed by atoms with van der Waals surface area (Å²) in [6.07, 6.45) is 2.00. The van der Waals surface area contributed by atoms with E-state index in [1.807, 2.05) is 6.92 Å². The van der Waals surface area contributed by atoms with E-state index in [9.17, 15) is 15.0 Å². The summed E-state index contributed by atoms with van der Waals surface area (Å²) in [5.74, 6) is -0.418. The van der Waals surface area contributed by atoms with Crippen molar-refractivity contribution in [1.82, 2.24) is 9.88 Å². The fourth-order valence-corrected chi connectivity index (χ4v) is 2.19. The monoisotopic (exact) mass is 236 g/mol. The lowest BCUT2D eigenvalue weighted by Gasteiger charge is -2.41. The first-order valence-corrected chi connectivity index (χ1v) is 5.69. The molecule has 5 nitrogen and oxygen atoms in total. The van der Waals surface area contributed by atoms with Crippen molar-refractivity contribution in [3.05, 3.63) is 30.1 Å². The van der Waals surface area contributed by atoms with Gasteiger partial charge in [0.05, 0.1) is 0 Å². The molecule has 2 atom stereocenters. The Morgan fingerprint density at radius 1 is 1.53 bits per heavy atom. The van der Waals surface area contributed by atoms with Crippen molar-refractivity contribution in [2.24, 2.45) is 0 Å². The Bertz CT molecular complexity index is 409. The number of aromatic nitrogens is 1. The van der Waals surface area contributed by atoms with Gasteiger partial charge in [0.1, 0.15) is 5.60 Å². The molecule has 1 fully saturated rings. The number of carbonyl (C=O) groups is 1. The van der Waals surface area contributed by atoms with Crippen LogP contribution in [-0.2, 0) is 10.4 Å². The molecular formula is C12H16N2O3. The molecule has 92 valence electrons. The van der Waals surface area contributed by atoms with Crippen LogP contribution in [0.15, 0.2) is 24.5 Å². The summed E-state index contributed by atoms with van der Waals surface area (Å²) in [6, 6.07) is 3.25. The molecule has 2 N–H and O–H groups in total. The van der Waals surface area contributed by atoms with Crippen LogP contribution in [0.5, 0.6) is 0 Å². The van der Waals surface area contributed by atoms with Gasteiger partial charge in [-0.1, -0.05) is 0 Å². The van der Waals surface area contributed by atoms with Crippen molar-refractivity contribution in [2.45, 2.75) is 25.0 Å². The molecule has 0 bridgehead atoms. The second kappa shape index (κ2) is 4.43. The highest BCUT2D eigenvalue weighted by Crippen LogP contribution is 2.33. The number of likely N-dealkylation sites (N-methyl/N-ethyl adjacent to an activating group) is 1. The van der Waals surface area contributed by atoms with Gasteiger partial charge in [-0.2, -0.15) is 0 Å². The topological polar surface area (TPSA) is 73.7 Å². The van der Waals surface area contributed by atoms with E-state index in [0.717, 1.165) is 0 Å². The number of carbonyl (C=O) groups excluding carboxylic acids is 1. The second-order valence-corrected chi connectivity index (χ2v) is 4.23. The molecule has 1 aliphatic heterocycles. The van der Waals surface area contributed by atoms with E-state index in [4.69, 9.17) is 0 Å². The maximum atomic E-state index is 11.8. The standard InChI is InChI=1S/C12H16N2O3/c1-2-14-8-5-12(17,10(15)11(14)16)9-3-6-13-7-4-9/h3-4,6-7,10,15,17H,2,5,8H2,1H3. The molecule has 1 aromatic rings. The van der Waals surface area contributed by atoms with Crippen LogP contribution in [0.4, 0.5) is 0 Å². The Kier molecular flexibility index (Phi) is 3.13. The first-order valence-electron chi connectivity index (χ1n) is 5.69. The number of likely N-dealkylation sites (tertiary alicyclic amines) is 1. The number of aliphatic hydroxyl groups is 2. The summed E-state index contributed by atoms with van der Waals surface area (Å²) < 4.78 is 0. The molecule has 1 saturated heterocycles. The van der Waals surface area contributed by atoms with Gasteiger partial charge in [-0.25, -0.2) is 0 Å². The maximum Gasteiger partial charge on any atom is 0.254 e. The number of amides is 1. The molecular weight excluding hydrogens is 220 g/mol. The third kappa shape index (κ3) is 1.92. The highest BCUT2D eigenvalue weighted by molar-refractivity contribution is 5.83. The number of rotatable bonds is 2. The van der Waals surface area contributed by atoms with E-state index in [1.165, 1.54) is 12.4 Å². The Balaban J connectivity index is 2.31. The van der Waals surface area contributed by atoms with Gasteiger partial charge in [-0.3, -0.25) is 9.78 Å². The third-order valence-electron chi connectivity index (χ3n) is 3.32. The van der Waals surface area contributed by atoms with Crippen LogP contribution in [0, 0.1) is 0 Å². The van der Waals surface area contributed by atoms with E-state index in [-0.39, 0.29) is 0 Å². The summed E-state index contributed by atoms with van der Waals surface area (Å²) in [5, 5.41) is 20.5. The van der Waals surface area contributed by atoms with E-state index < -0.39 is 17.6 Å². The minimum Gasteiger partial charge on any atom is -0.382 e. The Hall–Kier alpha value is -1.46. The fourth-order valence-electron chi connectivity index (χ4n) is 2.19. The first kappa shape index (κ1) is 12.0. The van der Waals surface area contributed by atoms with Crippen LogP contribution in [0.25, 0.3) is 0 Å². The van der Waals surface area contributed by atoms with Crippen LogP contribution < -0.4 is 0 Å². The zero-order valence-electron chi connectivity index (χ0n) is 9.71. The largest absolute Gasteiger partial charge is 0.382 e. The van der Waals surface area contributed by atoms with Gasteiger partial charge in [0, 0.05) is 31.9 Å². The summed E-state index contributed by atoms with van der Waals surface area (Å²) in [6.45, 7) is 2.84. The van der Waals surface area contributed by atoms with Crippen molar-refractivity contribution in [3.63, 3.8) is 0 Å². The van der Waals surface area contributed by atoms with Gasteiger partial charge in [-0.05, 0) is 24.6 Å². The molecule has 2 heterocycles. The van der Waals surface area contributed by atoms with E-state index in [1.54, 1.807) is 17.0 Å². The number of piperidine rings is 1. The van der Waals surface area contributed by atoms with Crippen LogP contribution >= 0.6 is 0 Å². The highest BCUT2D eigenvalue weighted by atomic mass is 16.4. The van der Waals surface area contributed by atoms with Crippen molar-refractivity contribution in [3.8, 4) is 0 Å². The van der Waals surface area contributed by atoms with Crippen LogP contribution in [-0.4, -0.2) is 45.2 Å². The lowest BCUT2D eigenvalue weighted by Crippen LogP contribution is -2.57. The van der Waals surface area contributed by atoms with Gasteiger partial charge < -0.3 is 15.1 Å². The Morgan fingerprint density at radius 2 is 2.18 bits per heavy atom. The predicted octanol–water partition coefficient (Wildman–Crippen LogP) is -0.118. The summed E-state index contributed by atoms with van der Waals surface area (Å²) >= 11 is 0. The van der Waals surface area contributed by atoms with Gasteiger partial charge in [0.2, 0.25) is 0 Å². The van der Waals surface area contributed by atoms with Gasteiger partial charge in [0.25, 0.3) is 5.91 Å². The number of pyridine rings is 1. The minimum absolute atomic E-state index is 0.331. The molecule has 1 aliphatic rings. The molecule has 0 radical (unpaired) electrons. The number of nitrogens with zero attached hydrogens (tertiary/aromatic N) is 2. The number of hydrogen-bond acceptors (Lipinski definition) is 4. The molecule has 2 rings (SSSR count). The zero-order chi connectivity index (χ0) is 12.5. The van der Waals surface area contributed by atoms with Gasteiger partial charge >= 0.3 is 0 Å². The molecule has 0 aromatic carbocycles.